The summed E-state index contributed by atoms with van der Waals surface area (Å²) >= 11 is 0. The number of rotatable bonds is 3. The van der Waals surface area contributed by atoms with Crippen molar-refractivity contribution in [2.45, 2.75) is 13.5 Å². The maximum atomic E-state index is 11.7. The summed E-state index contributed by atoms with van der Waals surface area (Å²) in [4.78, 5) is 18.7. The number of nitrogens with zero attached hydrogens (tertiary/aromatic N) is 1. The highest BCUT2D eigenvalue weighted by Gasteiger charge is 2.05. The van der Waals surface area contributed by atoms with Crippen molar-refractivity contribution in [1.82, 2.24) is 15.3 Å². The first-order valence-electron chi connectivity index (χ1n) is 5.08. The summed E-state index contributed by atoms with van der Waals surface area (Å²) in [6.45, 7) is 2.40. The molecule has 0 aliphatic carbocycles. The minimum Gasteiger partial charge on any atom is -0.367 e. The number of carbonyl (C=O) groups excluding carboxylic acids is 1. The van der Waals surface area contributed by atoms with Gasteiger partial charge in [0.2, 0.25) is 0 Å². The van der Waals surface area contributed by atoms with Gasteiger partial charge in [-0.3, -0.25) is 9.78 Å². The van der Waals surface area contributed by atoms with E-state index in [-0.39, 0.29) is 5.91 Å². The van der Waals surface area contributed by atoms with Gasteiger partial charge < -0.3 is 10.3 Å². The van der Waals surface area contributed by atoms with E-state index in [1.165, 1.54) is 0 Å². The first-order chi connectivity index (χ1) is 7.75. The number of hydrogen-bond acceptors (Lipinski definition) is 2. The van der Waals surface area contributed by atoms with E-state index >= 15 is 0 Å². The highest BCUT2D eigenvalue weighted by Crippen LogP contribution is 2.02. The molecule has 0 aliphatic heterocycles. The molecule has 2 rings (SSSR count). The summed E-state index contributed by atoms with van der Waals surface area (Å²) in [5, 5.41) is 2.84. The van der Waals surface area contributed by atoms with E-state index in [4.69, 9.17) is 0 Å². The van der Waals surface area contributed by atoms with Crippen LogP contribution in [0, 0.1) is 6.92 Å². The standard InChI is InChI=1S/C12H13N3O/c1-9-6-11(3-5-14-9)12(16)15-8-10-2-4-13-7-10/h2-7,13H,8H2,1H3,(H,15,16). The van der Waals surface area contributed by atoms with E-state index in [2.05, 4.69) is 15.3 Å². The molecule has 0 saturated carbocycles. The van der Waals surface area contributed by atoms with Gasteiger partial charge in [-0.25, -0.2) is 0 Å². The van der Waals surface area contributed by atoms with Crippen LogP contribution in [-0.2, 0) is 6.54 Å². The Morgan fingerprint density at radius 1 is 1.50 bits per heavy atom. The van der Waals surface area contributed by atoms with Gasteiger partial charge in [-0.1, -0.05) is 0 Å². The Morgan fingerprint density at radius 3 is 3.06 bits per heavy atom. The van der Waals surface area contributed by atoms with Crippen molar-refractivity contribution >= 4 is 5.91 Å². The molecule has 0 unspecified atom stereocenters. The summed E-state index contributed by atoms with van der Waals surface area (Å²) in [6.07, 6.45) is 5.33. The largest absolute Gasteiger partial charge is 0.367 e. The Kier molecular flexibility index (Phi) is 3.00. The summed E-state index contributed by atoms with van der Waals surface area (Å²) in [5.41, 5.74) is 2.54. The molecule has 0 bridgehead atoms. The van der Waals surface area contributed by atoms with Gasteiger partial charge >= 0.3 is 0 Å². The number of amides is 1. The van der Waals surface area contributed by atoms with Crippen LogP contribution in [0.15, 0.2) is 36.8 Å². The lowest BCUT2D eigenvalue weighted by atomic mass is 10.2. The number of nitrogens with one attached hydrogen (secondary N) is 2. The molecule has 0 aliphatic rings. The van der Waals surface area contributed by atoms with Gasteiger partial charge in [0.05, 0.1) is 0 Å². The average molecular weight is 215 g/mol. The molecule has 1 amide bonds. The number of hydrogen-bond donors (Lipinski definition) is 2. The van der Waals surface area contributed by atoms with Gasteiger partial charge in [-0.15, -0.1) is 0 Å². The Bertz CT molecular complexity index is 477. The van der Waals surface area contributed by atoms with Gasteiger partial charge in [0.15, 0.2) is 0 Å². The Morgan fingerprint density at radius 2 is 2.38 bits per heavy atom. The van der Waals surface area contributed by atoms with E-state index < -0.39 is 0 Å². The van der Waals surface area contributed by atoms with Gasteiger partial charge in [0, 0.05) is 36.4 Å². The van der Waals surface area contributed by atoms with Crippen LogP contribution < -0.4 is 5.32 Å². The van der Waals surface area contributed by atoms with Crippen molar-refractivity contribution in [2.75, 3.05) is 0 Å². The van der Waals surface area contributed by atoms with Crippen molar-refractivity contribution in [3.05, 3.63) is 53.6 Å². The zero-order chi connectivity index (χ0) is 11.4. The van der Waals surface area contributed by atoms with Crippen molar-refractivity contribution in [3.8, 4) is 0 Å². The SMILES string of the molecule is Cc1cc(C(=O)NCc2cc[nH]c2)ccn1. The highest BCUT2D eigenvalue weighted by atomic mass is 16.1. The lowest BCUT2D eigenvalue weighted by Gasteiger charge is -2.03. The molecule has 0 spiro atoms. The van der Waals surface area contributed by atoms with E-state index in [9.17, 15) is 4.79 Å². The van der Waals surface area contributed by atoms with Crippen molar-refractivity contribution in [3.63, 3.8) is 0 Å². The second-order valence-electron chi connectivity index (χ2n) is 3.59. The number of pyridine rings is 1. The quantitative estimate of drug-likeness (QED) is 0.817. The number of aryl methyl sites for hydroxylation is 1. The monoisotopic (exact) mass is 215 g/mol. The molecule has 2 heterocycles. The van der Waals surface area contributed by atoms with Crippen molar-refractivity contribution in [2.24, 2.45) is 0 Å². The second kappa shape index (κ2) is 4.61. The number of carbonyl (C=O) groups is 1. The molecule has 4 nitrogen and oxygen atoms in total. The van der Waals surface area contributed by atoms with Crippen LogP contribution in [0.3, 0.4) is 0 Å². The van der Waals surface area contributed by atoms with E-state index in [1.807, 2.05) is 25.4 Å². The molecular formula is C12H13N3O. The van der Waals surface area contributed by atoms with Gasteiger partial charge in [0.25, 0.3) is 5.91 Å². The first kappa shape index (κ1) is 10.4. The predicted octanol–water partition coefficient (Wildman–Crippen LogP) is 1.65. The summed E-state index contributed by atoms with van der Waals surface area (Å²) in [5.74, 6) is -0.0771. The fraction of sp³-hybridized carbons (Fsp3) is 0.167. The topological polar surface area (TPSA) is 57.8 Å². The maximum Gasteiger partial charge on any atom is 0.251 e. The second-order valence-corrected chi connectivity index (χ2v) is 3.59. The summed E-state index contributed by atoms with van der Waals surface area (Å²) < 4.78 is 0. The molecule has 16 heavy (non-hydrogen) atoms. The lowest BCUT2D eigenvalue weighted by Crippen LogP contribution is -2.22. The normalized spacial score (nSPS) is 10.1. The molecule has 82 valence electrons. The third-order valence-electron chi connectivity index (χ3n) is 2.27. The van der Waals surface area contributed by atoms with Crippen LogP contribution in [0.4, 0.5) is 0 Å². The third-order valence-corrected chi connectivity index (χ3v) is 2.27. The van der Waals surface area contributed by atoms with Crippen LogP contribution in [0.2, 0.25) is 0 Å². The number of aromatic nitrogens is 2. The van der Waals surface area contributed by atoms with Gasteiger partial charge in [-0.2, -0.15) is 0 Å². The van der Waals surface area contributed by atoms with Crippen LogP contribution in [0.1, 0.15) is 21.6 Å². The highest BCUT2D eigenvalue weighted by molar-refractivity contribution is 5.94. The van der Waals surface area contributed by atoms with Crippen LogP contribution in [0.25, 0.3) is 0 Å². The molecule has 4 heteroatoms. The minimum atomic E-state index is -0.0771. The lowest BCUT2D eigenvalue weighted by molar-refractivity contribution is 0.0950. The van der Waals surface area contributed by atoms with Crippen molar-refractivity contribution in [1.29, 1.82) is 0 Å². The van der Waals surface area contributed by atoms with E-state index in [0.29, 0.717) is 12.1 Å². The molecule has 2 aromatic heterocycles. The average Bonchev–Trinajstić information content (AvgIpc) is 2.78. The number of aromatic amines is 1. The zero-order valence-electron chi connectivity index (χ0n) is 9.03. The number of H-pyrrole nitrogens is 1. The van der Waals surface area contributed by atoms with Crippen molar-refractivity contribution < 1.29 is 4.79 Å². The molecule has 0 aromatic carbocycles. The van der Waals surface area contributed by atoms with E-state index in [1.54, 1.807) is 18.3 Å². The van der Waals surface area contributed by atoms with E-state index in [0.717, 1.165) is 11.3 Å². The molecule has 0 atom stereocenters. The van der Waals surface area contributed by atoms with Crippen LogP contribution >= 0.6 is 0 Å². The molecule has 0 fully saturated rings. The summed E-state index contributed by atoms with van der Waals surface area (Å²) in [6, 6.07) is 5.41. The Labute approximate surface area is 93.7 Å². The molecular weight excluding hydrogens is 202 g/mol. The fourth-order valence-corrected chi connectivity index (χ4v) is 1.44. The fourth-order valence-electron chi connectivity index (χ4n) is 1.44. The molecule has 0 radical (unpaired) electrons. The van der Waals surface area contributed by atoms with Crippen LogP contribution in [-0.4, -0.2) is 15.9 Å². The van der Waals surface area contributed by atoms with Crippen LogP contribution in [0.5, 0.6) is 0 Å². The first-order valence-corrected chi connectivity index (χ1v) is 5.08. The smallest absolute Gasteiger partial charge is 0.251 e. The Balaban J connectivity index is 1.98. The maximum absolute atomic E-state index is 11.7. The van der Waals surface area contributed by atoms with Gasteiger partial charge in [0.1, 0.15) is 0 Å². The third kappa shape index (κ3) is 2.48. The predicted molar refractivity (Wildman–Crippen MR) is 60.9 cm³/mol. The Hall–Kier alpha value is -2.10. The zero-order valence-corrected chi connectivity index (χ0v) is 9.03. The summed E-state index contributed by atoms with van der Waals surface area (Å²) in [7, 11) is 0. The molecule has 0 saturated heterocycles. The molecule has 2 aromatic rings. The molecule has 2 N–H and O–H groups in total. The van der Waals surface area contributed by atoms with Gasteiger partial charge in [-0.05, 0) is 30.7 Å². The minimum absolute atomic E-state index is 0.0771.